The molecule has 0 spiro atoms. The fourth-order valence-corrected chi connectivity index (χ4v) is 3.43. The molecular formula is C15H30N2O. The maximum Gasteiger partial charge on any atom is 0.0576 e. The van der Waals surface area contributed by atoms with E-state index >= 15 is 0 Å². The van der Waals surface area contributed by atoms with E-state index in [2.05, 4.69) is 30.6 Å². The minimum Gasteiger partial charge on any atom is -0.379 e. The fourth-order valence-electron chi connectivity index (χ4n) is 3.43. The number of piperazine rings is 1. The Kier molecular flexibility index (Phi) is 5.46. The maximum atomic E-state index is 5.74. The molecule has 0 aromatic carbocycles. The standard InChI is InChI=1S/C15H30N2O/c1-4-18-15-7-5-14(6-8-15)17-11-9-16(10-12-17)13(2)3/h13-15H,4-12H2,1-3H3. The van der Waals surface area contributed by atoms with Gasteiger partial charge in [0.05, 0.1) is 6.10 Å². The summed E-state index contributed by atoms with van der Waals surface area (Å²) in [5.41, 5.74) is 0. The van der Waals surface area contributed by atoms with E-state index in [0.29, 0.717) is 12.1 Å². The Balaban J connectivity index is 1.71. The average molecular weight is 254 g/mol. The highest BCUT2D eigenvalue weighted by molar-refractivity contribution is 4.84. The molecule has 2 aliphatic rings. The molecule has 1 heterocycles. The van der Waals surface area contributed by atoms with Gasteiger partial charge in [-0.25, -0.2) is 0 Å². The molecule has 1 saturated carbocycles. The van der Waals surface area contributed by atoms with Crippen LogP contribution in [0.25, 0.3) is 0 Å². The van der Waals surface area contributed by atoms with Crippen molar-refractivity contribution in [3.63, 3.8) is 0 Å². The minimum absolute atomic E-state index is 0.545. The smallest absolute Gasteiger partial charge is 0.0576 e. The first-order valence-electron chi connectivity index (χ1n) is 7.80. The van der Waals surface area contributed by atoms with Gasteiger partial charge in [0.15, 0.2) is 0 Å². The molecule has 3 heteroatoms. The quantitative estimate of drug-likeness (QED) is 0.766. The van der Waals surface area contributed by atoms with Crippen LogP contribution in [0.3, 0.4) is 0 Å². The van der Waals surface area contributed by atoms with Gasteiger partial charge in [0, 0.05) is 44.9 Å². The van der Waals surface area contributed by atoms with Gasteiger partial charge in [-0.15, -0.1) is 0 Å². The van der Waals surface area contributed by atoms with Gasteiger partial charge < -0.3 is 4.74 Å². The van der Waals surface area contributed by atoms with Gasteiger partial charge in [0.2, 0.25) is 0 Å². The molecular weight excluding hydrogens is 224 g/mol. The van der Waals surface area contributed by atoms with Crippen LogP contribution in [0.1, 0.15) is 46.5 Å². The molecule has 1 saturated heterocycles. The van der Waals surface area contributed by atoms with Gasteiger partial charge in [0.1, 0.15) is 0 Å². The second-order valence-corrected chi connectivity index (χ2v) is 6.05. The first kappa shape index (κ1) is 14.3. The lowest BCUT2D eigenvalue weighted by molar-refractivity contribution is 0.00138. The van der Waals surface area contributed by atoms with Crippen LogP contribution >= 0.6 is 0 Å². The van der Waals surface area contributed by atoms with Crippen LogP contribution in [0.2, 0.25) is 0 Å². The Morgan fingerprint density at radius 3 is 2.11 bits per heavy atom. The molecule has 0 bridgehead atoms. The highest BCUT2D eigenvalue weighted by Crippen LogP contribution is 2.26. The average Bonchev–Trinajstić information content (AvgIpc) is 2.40. The Labute approximate surface area is 112 Å². The Bertz CT molecular complexity index is 229. The number of hydrogen-bond acceptors (Lipinski definition) is 3. The molecule has 3 nitrogen and oxygen atoms in total. The van der Waals surface area contributed by atoms with E-state index in [0.717, 1.165) is 12.6 Å². The molecule has 18 heavy (non-hydrogen) atoms. The number of nitrogens with zero attached hydrogens (tertiary/aromatic N) is 2. The van der Waals surface area contributed by atoms with Crippen LogP contribution in [0, 0.1) is 0 Å². The molecule has 0 aromatic heterocycles. The lowest BCUT2D eigenvalue weighted by Gasteiger charge is -2.43. The molecule has 0 unspecified atom stereocenters. The lowest BCUT2D eigenvalue weighted by Crippen LogP contribution is -2.52. The zero-order valence-electron chi connectivity index (χ0n) is 12.4. The topological polar surface area (TPSA) is 15.7 Å². The summed E-state index contributed by atoms with van der Waals surface area (Å²) in [5.74, 6) is 0. The summed E-state index contributed by atoms with van der Waals surface area (Å²) in [5, 5.41) is 0. The highest BCUT2D eigenvalue weighted by Gasteiger charge is 2.28. The lowest BCUT2D eigenvalue weighted by atomic mass is 9.91. The Hall–Kier alpha value is -0.120. The zero-order valence-corrected chi connectivity index (χ0v) is 12.4. The van der Waals surface area contributed by atoms with Gasteiger partial charge in [0.25, 0.3) is 0 Å². The first-order valence-corrected chi connectivity index (χ1v) is 7.80. The molecule has 2 fully saturated rings. The third kappa shape index (κ3) is 3.69. The van der Waals surface area contributed by atoms with E-state index in [4.69, 9.17) is 4.74 Å². The summed E-state index contributed by atoms with van der Waals surface area (Å²) < 4.78 is 5.74. The van der Waals surface area contributed by atoms with E-state index in [-0.39, 0.29) is 0 Å². The van der Waals surface area contributed by atoms with Crippen molar-refractivity contribution in [2.45, 2.75) is 64.6 Å². The van der Waals surface area contributed by atoms with E-state index < -0.39 is 0 Å². The van der Waals surface area contributed by atoms with E-state index in [1.807, 2.05) is 0 Å². The summed E-state index contributed by atoms with van der Waals surface area (Å²) in [4.78, 5) is 5.32. The SMILES string of the molecule is CCOC1CCC(N2CCN(C(C)C)CC2)CC1. The fraction of sp³-hybridized carbons (Fsp3) is 1.00. The summed E-state index contributed by atoms with van der Waals surface area (Å²) in [7, 11) is 0. The number of rotatable bonds is 4. The van der Waals surface area contributed by atoms with Gasteiger partial charge in [-0.05, 0) is 46.5 Å². The molecule has 0 N–H and O–H groups in total. The van der Waals surface area contributed by atoms with Crippen LogP contribution in [0.15, 0.2) is 0 Å². The van der Waals surface area contributed by atoms with Gasteiger partial charge >= 0.3 is 0 Å². The van der Waals surface area contributed by atoms with Crippen LogP contribution in [0.4, 0.5) is 0 Å². The molecule has 1 aliphatic heterocycles. The largest absolute Gasteiger partial charge is 0.379 e. The number of ether oxygens (including phenoxy) is 1. The molecule has 0 radical (unpaired) electrons. The van der Waals surface area contributed by atoms with Crippen LogP contribution < -0.4 is 0 Å². The number of hydrogen-bond donors (Lipinski definition) is 0. The maximum absolute atomic E-state index is 5.74. The van der Waals surface area contributed by atoms with Crippen molar-refractivity contribution < 1.29 is 4.74 Å². The Morgan fingerprint density at radius 2 is 1.61 bits per heavy atom. The Morgan fingerprint density at radius 1 is 1.00 bits per heavy atom. The molecule has 0 atom stereocenters. The van der Waals surface area contributed by atoms with E-state index in [1.165, 1.54) is 51.9 Å². The molecule has 0 amide bonds. The van der Waals surface area contributed by atoms with Crippen molar-refractivity contribution in [3.05, 3.63) is 0 Å². The van der Waals surface area contributed by atoms with Crippen molar-refractivity contribution >= 4 is 0 Å². The van der Waals surface area contributed by atoms with Gasteiger partial charge in [-0.1, -0.05) is 0 Å². The van der Waals surface area contributed by atoms with Crippen molar-refractivity contribution in [1.82, 2.24) is 9.80 Å². The molecule has 106 valence electrons. The first-order chi connectivity index (χ1) is 8.70. The summed E-state index contributed by atoms with van der Waals surface area (Å²) in [6.07, 6.45) is 5.76. The minimum atomic E-state index is 0.545. The van der Waals surface area contributed by atoms with E-state index in [1.54, 1.807) is 0 Å². The highest BCUT2D eigenvalue weighted by atomic mass is 16.5. The normalized spacial score (nSPS) is 32.0. The summed E-state index contributed by atoms with van der Waals surface area (Å²) in [6.45, 7) is 12.6. The molecule has 0 aromatic rings. The molecule has 2 rings (SSSR count). The zero-order chi connectivity index (χ0) is 13.0. The predicted molar refractivity (Wildman–Crippen MR) is 76.0 cm³/mol. The molecule has 1 aliphatic carbocycles. The van der Waals surface area contributed by atoms with Crippen molar-refractivity contribution in [2.75, 3.05) is 32.8 Å². The van der Waals surface area contributed by atoms with Gasteiger partial charge in [-0.3, -0.25) is 9.80 Å². The van der Waals surface area contributed by atoms with E-state index in [9.17, 15) is 0 Å². The predicted octanol–water partition coefficient (Wildman–Crippen LogP) is 2.36. The van der Waals surface area contributed by atoms with Crippen LogP contribution in [0.5, 0.6) is 0 Å². The third-order valence-corrected chi connectivity index (χ3v) is 4.64. The summed E-state index contributed by atoms with van der Waals surface area (Å²) in [6, 6.07) is 1.54. The third-order valence-electron chi connectivity index (χ3n) is 4.64. The second kappa shape index (κ2) is 6.88. The van der Waals surface area contributed by atoms with Crippen molar-refractivity contribution in [3.8, 4) is 0 Å². The van der Waals surface area contributed by atoms with Crippen LogP contribution in [-0.4, -0.2) is 60.8 Å². The second-order valence-electron chi connectivity index (χ2n) is 6.05. The van der Waals surface area contributed by atoms with Crippen molar-refractivity contribution in [2.24, 2.45) is 0 Å². The van der Waals surface area contributed by atoms with Crippen molar-refractivity contribution in [1.29, 1.82) is 0 Å². The summed E-state index contributed by atoms with van der Waals surface area (Å²) >= 11 is 0. The monoisotopic (exact) mass is 254 g/mol. The van der Waals surface area contributed by atoms with Gasteiger partial charge in [-0.2, -0.15) is 0 Å². The van der Waals surface area contributed by atoms with Crippen LogP contribution in [-0.2, 0) is 4.74 Å².